The summed E-state index contributed by atoms with van der Waals surface area (Å²) in [5, 5.41) is 11.6. The summed E-state index contributed by atoms with van der Waals surface area (Å²) in [7, 11) is 2.11. The first kappa shape index (κ1) is 23.1. The van der Waals surface area contributed by atoms with Gasteiger partial charge in [-0.15, -0.1) is 0 Å². The van der Waals surface area contributed by atoms with Crippen LogP contribution in [0.3, 0.4) is 0 Å². The van der Waals surface area contributed by atoms with Crippen LogP contribution in [-0.2, 0) is 9.59 Å². The Morgan fingerprint density at radius 2 is 1.60 bits per heavy atom. The number of ketones is 1. The fourth-order valence-corrected chi connectivity index (χ4v) is 4.83. The highest BCUT2D eigenvalue weighted by Gasteiger charge is 2.47. The number of rotatable bonds is 4. The molecule has 35 heavy (non-hydrogen) atoms. The van der Waals surface area contributed by atoms with Crippen molar-refractivity contribution >= 4 is 40.4 Å². The summed E-state index contributed by atoms with van der Waals surface area (Å²) < 4.78 is 0. The Balaban J connectivity index is 1.57. The first-order chi connectivity index (χ1) is 16.9. The van der Waals surface area contributed by atoms with Crippen LogP contribution in [0.15, 0.2) is 78.6 Å². The van der Waals surface area contributed by atoms with Gasteiger partial charge in [-0.2, -0.15) is 0 Å². The maximum Gasteiger partial charge on any atom is 0.300 e. The second kappa shape index (κ2) is 9.52. The molecule has 2 fully saturated rings. The Morgan fingerprint density at radius 1 is 0.943 bits per heavy atom. The molecule has 3 heterocycles. The van der Waals surface area contributed by atoms with Gasteiger partial charge in [0.15, 0.2) is 0 Å². The van der Waals surface area contributed by atoms with Crippen LogP contribution in [0, 0.1) is 0 Å². The van der Waals surface area contributed by atoms with Gasteiger partial charge in [0.05, 0.1) is 11.6 Å². The molecule has 0 bridgehead atoms. The number of benzene rings is 2. The highest BCUT2D eigenvalue weighted by molar-refractivity contribution is 6.51. The number of aliphatic hydroxyl groups excluding tert-OH is 1. The molecule has 1 amide bonds. The number of pyridine rings is 1. The summed E-state index contributed by atoms with van der Waals surface area (Å²) in [6.07, 6.45) is 3.20. The van der Waals surface area contributed by atoms with E-state index < -0.39 is 17.7 Å². The molecule has 7 nitrogen and oxygen atoms in total. The summed E-state index contributed by atoms with van der Waals surface area (Å²) in [5.41, 5.74) is 2.72. The summed E-state index contributed by atoms with van der Waals surface area (Å²) in [4.78, 5) is 36.7. The number of Topliss-reactive ketones (excluding diaryl/α,β-unsaturated/α-hetero) is 1. The van der Waals surface area contributed by atoms with Crippen LogP contribution in [0.2, 0.25) is 5.02 Å². The number of amides is 1. The molecule has 2 aliphatic rings. The number of halogens is 1. The number of aliphatic hydroxyl groups is 1. The van der Waals surface area contributed by atoms with Crippen LogP contribution in [0.4, 0.5) is 11.4 Å². The largest absolute Gasteiger partial charge is 0.507 e. The summed E-state index contributed by atoms with van der Waals surface area (Å²) in [5.74, 6) is -1.70. The normalized spacial score (nSPS) is 20.5. The smallest absolute Gasteiger partial charge is 0.300 e. The number of anilines is 2. The average molecular weight is 489 g/mol. The molecular weight excluding hydrogens is 464 g/mol. The quantitative estimate of drug-likeness (QED) is 0.338. The zero-order valence-corrected chi connectivity index (χ0v) is 20.0. The van der Waals surface area contributed by atoms with Crippen molar-refractivity contribution in [2.45, 2.75) is 6.04 Å². The van der Waals surface area contributed by atoms with Crippen molar-refractivity contribution in [2.75, 3.05) is 43.0 Å². The van der Waals surface area contributed by atoms with E-state index in [0.29, 0.717) is 21.8 Å². The number of carbonyl (C=O) groups is 2. The molecule has 5 rings (SSSR count). The van der Waals surface area contributed by atoms with Gasteiger partial charge in [0.2, 0.25) is 0 Å². The molecule has 0 saturated carbocycles. The summed E-state index contributed by atoms with van der Waals surface area (Å²) >= 11 is 6.11. The molecule has 1 N–H and O–H groups in total. The van der Waals surface area contributed by atoms with Crippen molar-refractivity contribution in [3.05, 3.63) is 94.8 Å². The number of carbonyl (C=O) groups excluding carboxylic acids is 2. The molecule has 1 atom stereocenters. The van der Waals surface area contributed by atoms with E-state index in [1.54, 1.807) is 48.8 Å². The average Bonchev–Trinajstić information content (AvgIpc) is 3.15. The Labute approximate surface area is 208 Å². The zero-order chi connectivity index (χ0) is 24.5. The minimum Gasteiger partial charge on any atom is -0.507 e. The molecule has 0 radical (unpaired) electrons. The zero-order valence-electron chi connectivity index (χ0n) is 19.3. The minimum atomic E-state index is -0.800. The van der Waals surface area contributed by atoms with Gasteiger partial charge in [-0.25, -0.2) is 0 Å². The summed E-state index contributed by atoms with van der Waals surface area (Å²) in [6, 6.07) is 16.9. The van der Waals surface area contributed by atoms with E-state index in [0.717, 1.165) is 31.9 Å². The molecule has 2 saturated heterocycles. The van der Waals surface area contributed by atoms with Crippen molar-refractivity contribution in [1.29, 1.82) is 0 Å². The van der Waals surface area contributed by atoms with Gasteiger partial charge in [0.25, 0.3) is 11.7 Å². The van der Waals surface area contributed by atoms with Gasteiger partial charge in [-0.3, -0.25) is 19.5 Å². The first-order valence-electron chi connectivity index (χ1n) is 11.4. The Bertz CT molecular complexity index is 1290. The van der Waals surface area contributed by atoms with Crippen molar-refractivity contribution in [3.8, 4) is 0 Å². The third kappa shape index (κ3) is 4.40. The Hall–Kier alpha value is -3.68. The van der Waals surface area contributed by atoms with E-state index in [2.05, 4.69) is 21.8 Å². The fourth-order valence-electron chi connectivity index (χ4n) is 4.64. The lowest BCUT2D eigenvalue weighted by atomic mass is 9.96. The van der Waals surface area contributed by atoms with E-state index in [4.69, 9.17) is 11.6 Å². The van der Waals surface area contributed by atoms with Gasteiger partial charge >= 0.3 is 0 Å². The van der Waals surface area contributed by atoms with Gasteiger partial charge in [-0.05, 0) is 61.1 Å². The van der Waals surface area contributed by atoms with Crippen LogP contribution in [0.5, 0.6) is 0 Å². The van der Waals surface area contributed by atoms with Crippen molar-refractivity contribution < 1.29 is 14.7 Å². The SMILES string of the molecule is CN1CCN(c2ccc(N3C(=O)C(=O)/C(=C(/O)c4cccc(Cl)c4)C3c3ccncc3)cc2)CC1. The van der Waals surface area contributed by atoms with Crippen LogP contribution in [0.25, 0.3) is 5.76 Å². The van der Waals surface area contributed by atoms with E-state index in [1.807, 2.05) is 24.3 Å². The summed E-state index contributed by atoms with van der Waals surface area (Å²) in [6.45, 7) is 3.83. The standard InChI is InChI=1S/C27H25ClN4O3/c1-30-13-15-31(16-14-30)21-5-7-22(8-6-21)32-24(18-9-11-29-12-10-18)23(26(34)27(32)35)25(33)19-3-2-4-20(28)17-19/h2-12,17,24,33H,13-16H2,1H3/b25-23+. The van der Waals surface area contributed by atoms with Crippen molar-refractivity contribution in [2.24, 2.45) is 0 Å². The fraction of sp³-hybridized carbons (Fsp3) is 0.222. The lowest BCUT2D eigenvalue weighted by Gasteiger charge is -2.34. The molecule has 2 aliphatic heterocycles. The van der Waals surface area contributed by atoms with Crippen molar-refractivity contribution in [1.82, 2.24) is 9.88 Å². The minimum absolute atomic E-state index is 0.0200. The molecule has 3 aromatic rings. The van der Waals surface area contributed by atoms with E-state index in [1.165, 1.54) is 4.90 Å². The lowest BCUT2D eigenvalue weighted by Crippen LogP contribution is -2.44. The third-order valence-corrected chi connectivity index (χ3v) is 6.80. The molecule has 0 spiro atoms. The maximum atomic E-state index is 13.3. The van der Waals surface area contributed by atoms with Gasteiger partial charge < -0.3 is 14.9 Å². The van der Waals surface area contributed by atoms with Crippen molar-refractivity contribution in [3.63, 3.8) is 0 Å². The predicted molar refractivity (Wildman–Crippen MR) is 137 cm³/mol. The monoisotopic (exact) mass is 488 g/mol. The third-order valence-electron chi connectivity index (χ3n) is 6.56. The molecule has 0 aliphatic carbocycles. The first-order valence-corrected chi connectivity index (χ1v) is 11.8. The van der Waals surface area contributed by atoms with Crippen LogP contribution in [-0.4, -0.2) is 59.9 Å². The molecule has 8 heteroatoms. The second-order valence-electron chi connectivity index (χ2n) is 8.77. The number of aromatic nitrogens is 1. The second-order valence-corrected chi connectivity index (χ2v) is 9.20. The lowest BCUT2D eigenvalue weighted by molar-refractivity contribution is -0.132. The van der Waals surface area contributed by atoms with Crippen LogP contribution < -0.4 is 9.80 Å². The van der Waals surface area contributed by atoms with E-state index >= 15 is 0 Å². The highest BCUT2D eigenvalue weighted by atomic mass is 35.5. The Morgan fingerprint density at radius 3 is 2.26 bits per heavy atom. The van der Waals surface area contributed by atoms with Gasteiger partial charge in [0.1, 0.15) is 5.76 Å². The topological polar surface area (TPSA) is 77.0 Å². The number of piperazine rings is 1. The number of hydrogen-bond acceptors (Lipinski definition) is 6. The van der Waals surface area contributed by atoms with Crippen LogP contribution >= 0.6 is 11.6 Å². The van der Waals surface area contributed by atoms with Crippen LogP contribution in [0.1, 0.15) is 17.2 Å². The number of likely N-dealkylation sites (N-methyl/N-ethyl adjacent to an activating group) is 1. The Kier molecular flexibility index (Phi) is 6.28. The predicted octanol–water partition coefficient (Wildman–Crippen LogP) is 4.11. The van der Waals surface area contributed by atoms with Gasteiger partial charge in [0, 0.05) is 60.5 Å². The molecule has 2 aromatic carbocycles. The highest BCUT2D eigenvalue weighted by Crippen LogP contribution is 2.42. The maximum absolute atomic E-state index is 13.3. The van der Waals surface area contributed by atoms with E-state index in [-0.39, 0.29) is 11.3 Å². The number of hydrogen-bond donors (Lipinski definition) is 1. The molecule has 178 valence electrons. The van der Waals surface area contributed by atoms with Gasteiger partial charge in [-0.1, -0.05) is 23.7 Å². The van der Waals surface area contributed by atoms with E-state index in [9.17, 15) is 14.7 Å². The molecular formula is C27H25ClN4O3. The number of nitrogens with zero attached hydrogens (tertiary/aromatic N) is 4. The molecule has 1 unspecified atom stereocenters. The molecule has 1 aromatic heterocycles.